The van der Waals surface area contributed by atoms with E-state index >= 15 is 0 Å². The highest BCUT2D eigenvalue weighted by molar-refractivity contribution is 5.82. The van der Waals surface area contributed by atoms with Gasteiger partial charge >= 0.3 is 0 Å². The van der Waals surface area contributed by atoms with Crippen LogP contribution in [-0.4, -0.2) is 55.7 Å². The molecule has 0 aromatic heterocycles. The van der Waals surface area contributed by atoms with Crippen LogP contribution in [0.3, 0.4) is 0 Å². The standard InChI is InChI=1S/C17H21N3O4/c1-13(24-15-4-2-14(12-18)3-5-15)17(22)19-7-6-16(21)20-8-10-23-11-9-20/h2-5,13H,6-11H2,1H3,(H,19,22)/t13-/m1/s1. The minimum atomic E-state index is -0.684. The van der Waals surface area contributed by atoms with Gasteiger partial charge in [0.25, 0.3) is 5.91 Å². The van der Waals surface area contributed by atoms with Crippen molar-refractivity contribution in [3.05, 3.63) is 29.8 Å². The van der Waals surface area contributed by atoms with Crippen molar-refractivity contribution >= 4 is 11.8 Å². The summed E-state index contributed by atoms with van der Waals surface area (Å²) >= 11 is 0. The maximum atomic E-state index is 12.0. The van der Waals surface area contributed by atoms with Crippen LogP contribution in [0, 0.1) is 11.3 Å². The number of rotatable bonds is 6. The largest absolute Gasteiger partial charge is 0.481 e. The fourth-order valence-corrected chi connectivity index (χ4v) is 2.27. The SMILES string of the molecule is C[C@@H](Oc1ccc(C#N)cc1)C(=O)NCCC(=O)N1CCOCC1. The topological polar surface area (TPSA) is 91.7 Å². The minimum absolute atomic E-state index is 0.0132. The monoisotopic (exact) mass is 331 g/mol. The van der Waals surface area contributed by atoms with E-state index < -0.39 is 6.10 Å². The molecule has 0 saturated carbocycles. The summed E-state index contributed by atoms with van der Waals surface area (Å²) < 4.78 is 10.7. The molecule has 1 fully saturated rings. The molecular formula is C17H21N3O4. The van der Waals surface area contributed by atoms with E-state index in [1.165, 1.54) is 0 Å². The summed E-state index contributed by atoms with van der Waals surface area (Å²) in [7, 11) is 0. The Kier molecular flexibility index (Phi) is 6.58. The Morgan fingerprint density at radius 3 is 2.62 bits per heavy atom. The van der Waals surface area contributed by atoms with Crippen molar-refractivity contribution in [1.29, 1.82) is 5.26 Å². The molecule has 1 N–H and O–H groups in total. The first kappa shape index (κ1) is 17.8. The number of ether oxygens (including phenoxy) is 2. The van der Waals surface area contributed by atoms with Gasteiger partial charge in [-0.2, -0.15) is 5.26 Å². The lowest BCUT2D eigenvalue weighted by molar-refractivity contribution is -0.135. The molecule has 1 saturated heterocycles. The number of nitriles is 1. The lowest BCUT2D eigenvalue weighted by Gasteiger charge is -2.27. The number of nitrogens with zero attached hydrogens (tertiary/aromatic N) is 2. The van der Waals surface area contributed by atoms with Crippen molar-refractivity contribution in [2.75, 3.05) is 32.8 Å². The number of hydrogen-bond acceptors (Lipinski definition) is 5. The van der Waals surface area contributed by atoms with Crippen LogP contribution < -0.4 is 10.1 Å². The Balaban J connectivity index is 1.71. The molecule has 0 radical (unpaired) electrons. The van der Waals surface area contributed by atoms with E-state index in [2.05, 4.69) is 5.32 Å². The summed E-state index contributed by atoms with van der Waals surface area (Å²) in [5, 5.41) is 11.4. The average molecular weight is 331 g/mol. The van der Waals surface area contributed by atoms with Gasteiger partial charge in [0, 0.05) is 26.1 Å². The Bertz CT molecular complexity index is 603. The Morgan fingerprint density at radius 1 is 1.33 bits per heavy atom. The number of hydrogen-bond donors (Lipinski definition) is 1. The molecular weight excluding hydrogens is 310 g/mol. The third-order valence-corrected chi connectivity index (χ3v) is 3.67. The molecule has 0 unspecified atom stereocenters. The second-order valence-corrected chi connectivity index (χ2v) is 5.43. The average Bonchev–Trinajstić information content (AvgIpc) is 2.62. The van der Waals surface area contributed by atoms with Crippen LogP contribution in [-0.2, 0) is 14.3 Å². The Labute approximate surface area is 141 Å². The smallest absolute Gasteiger partial charge is 0.260 e. The summed E-state index contributed by atoms with van der Waals surface area (Å²) in [4.78, 5) is 25.7. The molecule has 1 aliphatic rings. The highest BCUT2D eigenvalue weighted by Gasteiger charge is 2.18. The van der Waals surface area contributed by atoms with Gasteiger partial charge < -0.3 is 19.7 Å². The van der Waals surface area contributed by atoms with Crippen LogP contribution in [0.25, 0.3) is 0 Å². The molecule has 128 valence electrons. The van der Waals surface area contributed by atoms with Crippen LogP contribution in [0.5, 0.6) is 5.75 Å². The predicted molar refractivity (Wildman–Crippen MR) is 86.3 cm³/mol. The molecule has 0 spiro atoms. The number of nitrogens with one attached hydrogen (secondary N) is 1. The molecule has 1 aromatic carbocycles. The Hall–Kier alpha value is -2.59. The Morgan fingerprint density at radius 2 is 2.00 bits per heavy atom. The van der Waals surface area contributed by atoms with E-state index in [1.807, 2.05) is 6.07 Å². The molecule has 1 heterocycles. The van der Waals surface area contributed by atoms with Crippen LogP contribution in [0.15, 0.2) is 24.3 Å². The van der Waals surface area contributed by atoms with Gasteiger partial charge in [-0.1, -0.05) is 0 Å². The molecule has 24 heavy (non-hydrogen) atoms. The van der Waals surface area contributed by atoms with E-state index in [-0.39, 0.29) is 24.8 Å². The zero-order chi connectivity index (χ0) is 17.4. The van der Waals surface area contributed by atoms with Crippen LogP contribution in [0.1, 0.15) is 18.9 Å². The molecule has 2 rings (SSSR count). The first-order chi connectivity index (χ1) is 11.6. The molecule has 1 aromatic rings. The first-order valence-electron chi connectivity index (χ1n) is 7.90. The van der Waals surface area contributed by atoms with Crippen LogP contribution >= 0.6 is 0 Å². The van der Waals surface area contributed by atoms with Gasteiger partial charge in [-0.05, 0) is 31.2 Å². The van der Waals surface area contributed by atoms with Gasteiger partial charge in [0.2, 0.25) is 5.91 Å². The molecule has 7 heteroatoms. The predicted octanol–water partition coefficient (Wildman–Crippen LogP) is 0.691. The maximum Gasteiger partial charge on any atom is 0.260 e. The lowest BCUT2D eigenvalue weighted by atomic mass is 10.2. The van der Waals surface area contributed by atoms with E-state index in [9.17, 15) is 9.59 Å². The number of amides is 2. The van der Waals surface area contributed by atoms with Crippen LogP contribution in [0.4, 0.5) is 0 Å². The number of carbonyl (C=O) groups excluding carboxylic acids is 2. The summed E-state index contributed by atoms with van der Waals surface area (Å²) in [5.41, 5.74) is 0.529. The number of carbonyl (C=O) groups is 2. The zero-order valence-corrected chi connectivity index (χ0v) is 13.7. The second-order valence-electron chi connectivity index (χ2n) is 5.43. The molecule has 1 aliphatic heterocycles. The van der Waals surface area contributed by atoms with Crippen molar-refractivity contribution in [3.8, 4) is 11.8 Å². The second kappa shape index (κ2) is 8.89. The van der Waals surface area contributed by atoms with E-state index in [4.69, 9.17) is 14.7 Å². The van der Waals surface area contributed by atoms with Gasteiger partial charge in [-0.25, -0.2) is 0 Å². The number of morpholine rings is 1. The van der Waals surface area contributed by atoms with Gasteiger partial charge in [0.15, 0.2) is 6.10 Å². The van der Waals surface area contributed by atoms with Crippen molar-refractivity contribution < 1.29 is 19.1 Å². The van der Waals surface area contributed by atoms with Crippen molar-refractivity contribution in [1.82, 2.24) is 10.2 Å². The molecule has 0 bridgehead atoms. The van der Waals surface area contributed by atoms with E-state index in [0.717, 1.165) is 0 Å². The van der Waals surface area contributed by atoms with Gasteiger partial charge in [-0.15, -0.1) is 0 Å². The normalized spacial score (nSPS) is 15.2. The summed E-state index contributed by atoms with van der Waals surface area (Å²) in [6.07, 6.45) is -0.425. The number of benzene rings is 1. The van der Waals surface area contributed by atoms with E-state index in [1.54, 1.807) is 36.1 Å². The highest BCUT2D eigenvalue weighted by atomic mass is 16.5. The first-order valence-corrected chi connectivity index (χ1v) is 7.90. The summed E-state index contributed by atoms with van der Waals surface area (Å²) in [5.74, 6) is 0.245. The van der Waals surface area contributed by atoms with Crippen molar-refractivity contribution in [3.63, 3.8) is 0 Å². The fraction of sp³-hybridized carbons (Fsp3) is 0.471. The highest BCUT2D eigenvalue weighted by Crippen LogP contribution is 2.13. The summed E-state index contributed by atoms with van der Waals surface area (Å²) in [6.45, 7) is 4.24. The molecule has 0 aliphatic carbocycles. The van der Waals surface area contributed by atoms with Gasteiger partial charge in [0.05, 0.1) is 24.8 Å². The van der Waals surface area contributed by atoms with Crippen molar-refractivity contribution in [2.24, 2.45) is 0 Å². The molecule has 2 amide bonds. The third-order valence-electron chi connectivity index (χ3n) is 3.67. The quantitative estimate of drug-likeness (QED) is 0.828. The van der Waals surface area contributed by atoms with Crippen molar-refractivity contribution in [2.45, 2.75) is 19.4 Å². The summed E-state index contributed by atoms with van der Waals surface area (Å²) in [6, 6.07) is 8.56. The van der Waals surface area contributed by atoms with Gasteiger partial charge in [0.1, 0.15) is 5.75 Å². The van der Waals surface area contributed by atoms with Gasteiger partial charge in [-0.3, -0.25) is 9.59 Å². The molecule has 1 atom stereocenters. The molecule has 7 nitrogen and oxygen atoms in total. The maximum absolute atomic E-state index is 12.0. The third kappa shape index (κ3) is 5.25. The lowest BCUT2D eigenvalue weighted by Crippen LogP contribution is -2.43. The minimum Gasteiger partial charge on any atom is -0.481 e. The van der Waals surface area contributed by atoms with E-state index in [0.29, 0.717) is 37.6 Å². The van der Waals surface area contributed by atoms with Crippen LogP contribution in [0.2, 0.25) is 0 Å². The zero-order valence-electron chi connectivity index (χ0n) is 13.7. The fourth-order valence-electron chi connectivity index (χ4n) is 2.27.